The third-order valence-electron chi connectivity index (χ3n) is 3.85. The first kappa shape index (κ1) is 14.6. The van der Waals surface area contributed by atoms with Crippen molar-refractivity contribution in [3.63, 3.8) is 0 Å². The second-order valence-electron chi connectivity index (χ2n) is 5.36. The van der Waals surface area contributed by atoms with E-state index < -0.39 is 0 Å². The molecule has 3 heterocycles. The number of aromatic nitrogens is 3. The quantitative estimate of drug-likeness (QED) is 0.610. The second-order valence-corrected chi connectivity index (χ2v) is 6.23. The summed E-state index contributed by atoms with van der Waals surface area (Å²) >= 11 is 1.44. The summed E-state index contributed by atoms with van der Waals surface area (Å²) in [6.07, 6.45) is 5.32. The van der Waals surface area contributed by atoms with Crippen molar-refractivity contribution >= 4 is 28.3 Å². The largest absolute Gasteiger partial charge is 0.346 e. The zero-order chi connectivity index (χ0) is 16.5. The summed E-state index contributed by atoms with van der Waals surface area (Å²) in [5.41, 5.74) is 3.38. The normalized spacial score (nSPS) is 12.0. The lowest BCUT2D eigenvalue weighted by molar-refractivity contribution is 0.0999. The Morgan fingerprint density at radius 2 is 2.12 bits per heavy atom. The molecule has 0 unspecified atom stereocenters. The summed E-state index contributed by atoms with van der Waals surface area (Å²) < 4.78 is 1.94. The van der Waals surface area contributed by atoms with Gasteiger partial charge >= 0.3 is 0 Å². The van der Waals surface area contributed by atoms with Gasteiger partial charge in [0.05, 0.1) is 11.3 Å². The summed E-state index contributed by atoms with van der Waals surface area (Å²) in [6.45, 7) is 2.04. The molecule has 0 fully saturated rings. The SMILES string of the molecule is Cc1ccccc1-n1ccsc1=NC(=O)c1ccnc2[nH]ccc12. The van der Waals surface area contributed by atoms with Gasteiger partial charge in [-0.2, -0.15) is 4.99 Å². The standard InChI is InChI=1S/C18H14N4OS/c1-12-4-2-3-5-15(12)22-10-11-24-18(22)21-17(23)14-7-9-20-16-13(14)6-8-19-16/h2-11H,1H3,(H,19,20). The molecule has 3 aromatic heterocycles. The first-order chi connectivity index (χ1) is 11.7. The van der Waals surface area contributed by atoms with Crippen molar-refractivity contribution in [3.05, 3.63) is 76.3 Å². The van der Waals surface area contributed by atoms with E-state index in [4.69, 9.17) is 0 Å². The van der Waals surface area contributed by atoms with Gasteiger partial charge in [0.25, 0.3) is 5.91 Å². The highest BCUT2D eigenvalue weighted by Gasteiger charge is 2.11. The van der Waals surface area contributed by atoms with Crippen LogP contribution < -0.4 is 4.80 Å². The number of hydrogen-bond donors (Lipinski definition) is 1. The number of pyridine rings is 1. The minimum atomic E-state index is -0.271. The zero-order valence-electron chi connectivity index (χ0n) is 12.9. The monoisotopic (exact) mass is 334 g/mol. The van der Waals surface area contributed by atoms with Gasteiger partial charge in [-0.15, -0.1) is 11.3 Å². The average Bonchev–Trinajstić information content (AvgIpc) is 3.24. The lowest BCUT2D eigenvalue weighted by atomic mass is 10.2. The van der Waals surface area contributed by atoms with E-state index in [2.05, 4.69) is 15.0 Å². The van der Waals surface area contributed by atoms with Crippen molar-refractivity contribution in [1.82, 2.24) is 14.5 Å². The number of benzene rings is 1. The summed E-state index contributed by atoms with van der Waals surface area (Å²) in [4.78, 5) is 24.9. The Labute approximate surface area is 142 Å². The van der Waals surface area contributed by atoms with Crippen LogP contribution >= 0.6 is 11.3 Å². The predicted molar refractivity (Wildman–Crippen MR) is 94.4 cm³/mol. The van der Waals surface area contributed by atoms with E-state index in [-0.39, 0.29) is 5.91 Å². The number of thiazole rings is 1. The smallest absolute Gasteiger partial charge is 0.280 e. The highest BCUT2D eigenvalue weighted by Crippen LogP contribution is 2.16. The fourth-order valence-corrected chi connectivity index (χ4v) is 3.38. The number of carbonyl (C=O) groups excluding carboxylic acids is 1. The lowest BCUT2D eigenvalue weighted by Crippen LogP contribution is -2.15. The van der Waals surface area contributed by atoms with E-state index in [0.717, 1.165) is 16.6 Å². The Morgan fingerprint density at radius 3 is 3.00 bits per heavy atom. The third kappa shape index (κ3) is 2.47. The van der Waals surface area contributed by atoms with Crippen LogP contribution in [-0.4, -0.2) is 20.4 Å². The van der Waals surface area contributed by atoms with Crippen molar-refractivity contribution in [2.75, 3.05) is 0 Å². The molecule has 0 saturated carbocycles. The molecule has 5 nitrogen and oxygen atoms in total. The third-order valence-corrected chi connectivity index (χ3v) is 4.61. The van der Waals surface area contributed by atoms with E-state index in [1.807, 2.05) is 53.4 Å². The molecule has 4 aromatic rings. The number of fused-ring (bicyclic) bond motifs is 1. The predicted octanol–water partition coefficient (Wildman–Crippen LogP) is 3.46. The van der Waals surface area contributed by atoms with Crippen molar-refractivity contribution in [2.45, 2.75) is 6.92 Å². The molecule has 1 aromatic carbocycles. The highest BCUT2D eigenvalue weighted by molar-refractivity contribution is 7.07. The minimum Gasteiger partial charge on any atom is -0.346 e. The molecular formula is C18H14N4OS. The summed E-state index contributed by atoms with van der Waals surface area (Å²) in [6, 6.07) is 11.6. The molecule has 1 amide bonds. The topological polar surface area (TPSA) is 63.0 Å². The Kier molecular flexibility index (Phi) is 3.59. The number of hydrogen-bond acceptors (Lipinski definition) is 3. The number of aromatic amines is 1. The molecule has 24 heavy (non-hydrogen) atoms. The van der Waals surface area contributed by atoms with E-state index in [1.54, 1.807) is 18.5 Å². The Bertz CT molecular complexity index is 1100. The minimum absolute atomic E-state index is 0.271. The van der Waals surface area contributed by atoms with Crippen LogP contribution in [0.2, 0.25) is 0 Å². The molecule has 0 saturated heterocycles. The van der Waals surface area contributed by atoms with E-state index in [0.29, 0.717) is 16.0 Å². The second kappa shape index (κ2) is 5.90. The maximum atomic E-state index is 12.7. The molecule has 118 valence electrons. The number of H-pyrrole nitrogens is 1. The fraction of sp³-hybridized carbons (Fsp3) is 0.0556. The maximum Gasteiger partial charge on any atom is 0.280 e. The van der Waals surface area contributed by atoms with Crippen LogP contribution in [0.25, 0.3) is 16.7 Å². The number of rotatable bonds is 2. The van der Waals surface area contributed by atoms with Crippen molar-refractivity contribution in [3.8, 4) is 5.69 Å². The fourth-order valence-electron chi connectivity index (χ4n) is 2.66. The van der Waals surface area contributed by atoms with Gasteiger partial charge in [-0.1, -0.05) is 18.2 Å². The molecule has 0 spiro atoms. The number of amides is 1. The van der Waals surface area contributed by atoms with Crippen LogP contribution in [0, 0.1) is 6.92 Å². The van der Waals surface area contributed by atoms with Crippen LogP contribution in [-0.2, 0) is 0 Å². The van der Waals surface area contributed by atoms with Gasteiger partial charge in [0, 0.05) is 29.4 Å². The molecule has 0 bridgehead atoms. The van der Waals surface area contributed by atoms with E-state index in [9.17, 15) is 4.79 Å². The van der Waals surface area contributed by atoms with Gasteiger partial charge in [0.2, 0.25) is 0 Å². The molecule has 1 N–H and O–H groups in total. The number of aryl methyl sites for hydroxylation is 1. The molecule has 6 heteroatoms. The van der Waals surface area contributed by atoms with Crippen molar-refractivity contribution in [1.29, 1.82) is 0 Å². The summed E-state index contributed by atoms with van der Waals surface area (Å²) in [5, 5.41) is 2.71. The molecule has 4 rings (SSSR count). The van der Waals surface area contributed by atoms with Gasteiger partial charge in [-0.3, -0.25) is 9.36 Å². The molecule has 0 aliphatic rings. The molecule has 0 aliphatic carbocycles. The van der Waals surface area contributed by atoms with Gasteiger partial charge in [0.1, 0.15) is 5.65 Å². The first-order valence-electron chi connectivity index (χ1n) is 7.47. The average molecular weight is 334 g/mol. The molecule has 0 atom stereocenters. The summed E-state index contributed by atoms with van der Waals surface area (Å²) in [5.74, 6) is -0.271. The van der Waals surface area contributed by atoms with Crippen molar-refractivity contribution in [2.24, 2.45) is 4.99 Å². The summed E-state index contributed by atoms with van der Waals surface area (Å²) in [7, 11) is 0. The molecule has 0 aliphatic heterocycles. The Hall–Kier alpha value is -2.99. The van der Waals surface area contributed by atoms with Crippen LogP contribution in [0.5, 0.6) is 0 Å². The Morgan fingerprint density at radius 1 is 1.25 bits per heavy atom. The molecular weight excluding hydrogens is 320 g/mol. The zero-order valence-corrected chi connectivity index (χ0v) is 13.7. The van der Waals surface area contributed by atoms with Gasteiger partial charge in [0.15, 0.2) is 4.80 Å². The number of para-hydroxylation sites is 1. The van der Waals surface area contributed by atoms with Crippen LogP contribution in [0.3, 0.4) is 0 Å². The first-order valence-corrected chi connectivity index (χ1v) is 8.35. The molecule has 0 radical (unpaired) electrons. The lowest BCUT2D eigenvalue weighted by Gasteiger charge is -2.06. The van der Waals surface area contributed by atoms with Gasteiger partial charge in [-0.05, 0) is 30.7 Å². The van der Waals surface area contributed by atoms with Crippen LogP contribution in [0.1, 0.15) is 15.9 Å². The highest BCUT2D eigenvalue weighted by atomic mass is 32.1. The van der Waals surface area contributed by atoms with E-state index in [1.165, 1.54) is 11.3 Å². The number of nitrogens with zero attached hydrogens (tertiary/aromatic N) is 3. The van der Waals surface area contributed by atoms with Crippen LogP contribution in [0.4, 0.5) is 0 Å². The number of nitrogens with one attached hydrogen (secondary N) is 1. The van der Waals surface area contributed by atoms with Crippen LogP contribution in [0.15, 0.2) is 65.4 Å². The van der Waals surface area contributed by atoms with Gasteiger partial charge < -0.3 is 4.98 Å². The Balaban J connectivity index is 1.83. The van der Waals surface area contributed by atoms with E-state index >= 15 is 0 Å². The van der Waals surface area contributed by atoms with Gasteiger partial charge in [-0.25, -0.2) is 4.98 Å². The number of carbonyl (C=O) groups is 1. The maximum absolute atomic E-state index is 12.7. The van der Waals surface area contributed by atoms with Crippen molar-refractivity contribution < 1.29 is 4.79 Å².